The summed E-state index contributed by atoms with van der Waals surface area (Å²) in [5.74, 6) is 2.73. The third-order valence-electron chi connectivity index (χ3n) is 2.03. The third kappa shape index (κ3) is 15.4. The van der Waals surface area contributed by atoms with Crippen LogP contribution >= 0.6 is 11.8 Å². The van der Waals surface area contributed by atoms with E-state index in [0.29, 0.717) is 0 Å². The van der Waals surface area contributed by atoms with Gasteiger partial charge in [-0.1, -0.05) is 0 Å². The van der Waals surface area contributed by atoms with Crippen LogP contribution in [0.15, 0.2) is 4.99 Å². The molecule has 108 valence electrons. The van der Waals surface area contributed by atoms with Crippen LogP contribution in [-0.4, -0.2) is 66.1 Å². The quantitative estimate of drug-likeness (QED) is 0.297. The standard InChI is InChI=1S/C8H18N4S.H2O4S/c9-8(10)11-2-4-12-3-1-6-13-7-5-12;1-5(2,3)4/h1-7H2,(H4,9,10,11);(H2,1,2,3,4). The van der Waals surface area contributed by atoms with Crippen LogP contribution in [0.25, 0.3) is 0 Å². The van der Waals surface area contributed by atoms with Crippen LogP contribution in [0.1, 0.15) is 6.42 Å². The van der Waals surface area contributed by atoms with E-state index in [2.05, 4.69) is 9.89 Å². The van der Waals surface area contributed by atoms with Gasteiger partial charge in [-0.05, 0) is 18.7 Å². The van der Waals surface area contributed by atoms with Crippen molar-refractivity contribution < 1.29 is 17.5 Å². The summed E-state index contributed by atoms with van der Waals surface area (Å²) in [6.45, 7) is 4.07. The molecule has 10 heteroatoms. The summed E-state index contributed by atoms with van der Waals surface area (Å²) in [5.41, 5.74) is 10.5. The Hall–Kier alpha value is -0.550. The minimum absolute atomic E-state index is 0.198. The first kappa shape index (κ1) is 17.4. The van der Waals surface area contributed by atoms with Gasteiger partial charge in [0.1, 0.15) is 0 Å². The van der Waals surface area contributed by atoms with Gasteiger partial charge in [-0.25, -0.2) is 0 Å². The molecule has 0 bridgehead atoms. The van der Waals surface area contributed by atoms with Gasteiger partial charge in [0.2, 0.25) is 0 Å². The average molecular weight is 300 g/mol. The van der Waals surface area contributed by atoms with Crippen molar-refractivity contribution in [2.45, 2.75) is 6.42 Å². The number of rotatable bonds is 3. The van der Waals surface area contributed by atoms with E-state index >= 15 is 0 Å². The Morgan fingerprint density at radius 1 is 1.28 bits per heavy atom. The lowest BCUT2D eigenvalue weighted by Gasteiger charge is -2.17. The third-order valence-corrected chi connectivity index (χ3v) is 3.07. The van der Waals surface area contributed by atoms with Gasteiger partial charge in [0.15, 0.2) is 5.96 Å². The summed E-state index contributed by atoms with van der Waals surface area (Å²) in [6, 6.07) is 0. The maximum atomic E-state index is 8.74. The van der Waals surface area contributed by atoms with Crippen LogP contribution in [0.2, 0.25) is 0 Å². The maximum absolute atomic E-state index is 8.74. The van der Waals surface area contributed by atoms with Gasteiger partial charge in [-0.3, -0.25) is 14.1 Å². The maximum Gasteiger partial charge on any atom is 0.394 e. The molecule has 1 rings (SSSR count). The van der Waals surface area contributed by atoms with Crippen LogP contribution in [0.4, 0.5) is 0 Å². The van der Waals surface area contributed by atoms with Gasteiger partial charge < -0.3 is 16.4 Å². The normalized spacial score (nSPS) is 17.2. The van der Waals surface area contributed by atoms with E-state index < -0.39 is 10.4 Å². The highest BCUT2D eigenvalue weighted by atomic mass is 32.3. The molecule has 0 amide bonds. The molecule has 1 saturated heterocycles. The summed E-state index contributed by atoms with van der Waals surface area (Å²) in [5, 5.41) is 0. The van der Waals surface area contributed by atoms with Crippen molar-refractivity contribution >= 4 is 28.1 Å². The Morgan fingerprint density at radius 3 is 2.44 bits per heavy atom. The molecule has 6 N–H and O–H groups in total. The van der Waals surface area contributed by atoms with E-state index in [-0.39, 0.29) is 5.96 Å². The molecule has 0 radical (unpaired) electrons. The fourth-order valence-corrected chi connectivity index (χ4v) is 2.27. The highest BCUT2D eigenvalue weighted by Gasteiger charge is 2.07. The van der Waals surface area contributed by atoms with Crippen molar-refractivity contribution in [1.29, 1.82) is 0 Å². The minimum Gasteiger partial charge on any atom is -0.370 e. The zero-order valence-electron chi connectivity index (χ0n) is 10.0. The van der Waals surface area contributed by atoms with Gasteiger partial charge >= 0.3 is 10.4 Å². The first-order valence-corrected chi connectivity index (χ1v) is 7.89. The predicted molar refractivity (Wildman–Crippen MR) is 73.2 cm³/mol. The average Bonchev–Trinajstić information content (AvgIpc) is 2.43. The molecule has 0 saturated carbocycles. The summed E-state index contributed by atoms with van der Waals surface area (Å²) in [6.07, 6.45) is 1.28. The van der Waals surface area contributed by atoms with Crippen molar-refractivity contribution in [2.24, 2.45) is 16.5 Å². The molecular weight excluding hydrogens is 280 g/mol. The second-order valence-electron chi connectivity index (χ2n) is 3.56. The van der Waals surface area contributed by atoms with Crippen molar-refractivity contribution in [3.8, 4) is 0 Å². The summed E-state index contributed by atoms with van der Waals surface area (Å²) in [7, 11) is -4.67. The fraction of sp³-hybridized carbons (Fsp3) is 0.875. The Balaban J connectivity index is 0.000000494. The Labute approximate surface area is 111 Å². The number of thioether (sulfide) groups is 1. The first-order valence-electron chi connectivity index (χ1n) is 5.34. The molecule has 18 heavy (non-hydrogen) atoms. The second kappa shape index (κ2) is 9.39. The van der Waals surface area contributed by atoms with E-state index in [1.165, 1.54) is 31.0 Å². The SMILES string of the molecule is NC(N)=NCCN1CCCSCC1.O=S(=O)(O)O. The molecule has 1 heterocycles. The van der Waals surface area contributed by atoms with Crippen LogP contribution in [0, 0.1) is 0 Å². The molecule has 0 aliphatic carbocycles. The number of nitrogens with two attached hydrogens (primary N) is 2. The second-order valence-corrected chi connectivity index (χ2v) is 5.68. The lowest BCUT2D eigenvalue weighted by molar-refractivity contribution is 0.304. The fourth-order valence-electron chi connectivity index (χ4n) is 1.34. The van der Waals surface area contributed by atoms with Gasteiger partial charge in [-0.2, -0.15) is 20.2 Å². The topological polar surface area (TPSA) is 142 Å². The highest BCUT2D eigenvalue weighted by Crippen LogP contribution is 2.09. The summed E-state index contributed by atoms with van der Waals surface area (Å²) in [4.78, 5) is 6.40. The molecule has 1 aliphatic rings. The molecule has 0 aromatic carbocycles. The molecule has 0 aromatic heterocycles. The zero-order chi connectivity index (χ0) is 14.0. The van der Waals surface area contributed by atoms with E-state index in [9.17, 15) is 0 Å². The zero-order valence-corrected chi connectivity index (χ0v) is 11.7. The Bertz CT molecular complexity index is 327. The van der Waals surface area contributed by atoms with Crippen molar-refractivity contribution in [3.63, 3.8) is 0 Å². The van der Waals surface area contributed by atoms with Gasteiger partial charge in [0.05, 0.1) is 6.54 Å². The number of guanidine groups is 1. The molecule has 0 spiro atoms. The minimum atomic E-state index is -4.67. The summed E-state index contributed by atoms with van der Waals surface area (Å²) >= 11 is 2.03. The Kier molecular flexibility index (Phi) is 9.10. The number of hydrogen-bond acceptors (Lipinski definition) is 5. The number of hydrogen-bond donors (Lipinski definition) is 4. The van der Waals surface area contributed by atoms with Crippen LogP contribution in [0.3, 0.4) is 0 Å². The molecule has 0 unspecified atom stereocenters. The molecule has 0 aromatic rings. The predicted octanol–water partition coefficient (Wildman–Crippen LogP) is -0.954. The van der Waals surface area contributed by atoms with E-state index in [1.54, 1.807) is 0 Å². The van der Waals surface area contributed by atoms with E-state index in [0.717, 1.165) is 13.1 Å². The summed E-state index contributed by atoms with van der Waals surface area (Å²) < 4.78 is 31.6. The largest absolute Gasteiger partial charge is 0.394 e. The van der Waals surface area contributed by atoms with Crippen LogP contribution < -0.4 is 11.5 Å². The lowest BCUT2D eigenvalue weighted by Crippen LogP contribution is -2.30. The molecule has 1 fully saturated rings. The number of nitrogens with zero attached hydrogens (tertiary/aromatic N) is 2. The van der Waals surface area contributed by atoms with Crippen LogP contribution in [-0.2, 0) is 10.4 Å². The van der Waals surface area contributed by atoms with Crippen molar-refractivity contribution in [3.05, 3.63) is 0 Å². The Morgan fingerprint density at radius 2 is 1.89 bits per heavy atom. The smallest absolute Gasteiger partial charge is 0.370 e. The number of aliphatic imine (C=N–C) groups is 1. The molecule has 1 aliphatic heterocycles. The van der Waals surface area contributed by atoms with Crippen LogP contribution in [0.5, 0.6) is 0 Å². The molecule has 0 atom stereocenters. The van der Waals surface area contributed by atoms with Crippen molar-refractivity contribution in [1.82, 2.24) is 4.90 Å². The van der Waals surface area contributed by atoms with Gasteiger partial charge in [0, 0.05) is 18.8 Å². The lowest BCUT2D eigenvalue weighted by atomic mass is 10.4. The van der Waals surface area contributed by atoms with Crippen molar-refractivity contribution in [2.75, 3.05) is 37.7 Å². The molecule has 8 nitrogen and oxygen atoms in total. The highest BCUT2D eigenvalue weighted by molar-refractivity contribution is 7.99. The molecular formula is C8H20N4O4S2. The first-order chi connectivity index (χ1) is 8.29. The monoisotopic (exact) mass is 300 g/mol. The van der Waals surface area contributed by atoms with Gasteiger partial charge in [-0.15, -0.1) is 0 Å². The van der Waals surface area contributed by atoms with E-state index in [1.807, 2.05) is 11.8 Å². The van der Waals surface area contributed by atoms with E-state index in [4.69, 9.17) is 29.0 Å². The van der Waals surface area contributed by atoms with Gasteiger partial charge in [0.25, 0.3) is 0 Å².